The normalized spacial score (nSPS) is 13.8. The SMILES string of the molecule is Cc1c(Cl)cccc1N1CN(C(=O)CN(CC(C)C)C(=O)c2cccc(F)c2)CC1=O. The maximum atomic E-state index is 13.6. The highest BCUT2D eigenvalue weighted by Crippen LogP contribution is 2.28. The molecule has 0 aromatic heterocycles. The molecule has 8 heteroatoms. The lowest BCUT2D eigenvalue weighted by atomic mass is 10.1. The summed E-state index contributed by atoms with van der Waals surface area (Å²) in [6.07, 6.45) is 0. The van der Waals surface area contributed by atoms with Gasteiger partial charge in [0.05, 0.1) is 0 Å². The maximum Gasteiger partial charge on any atom is 0.254 e. The summed E-state index contributed by atoms with van der Waals surface area (Å²) in [6.45, 7) is 5.83. The molecule has 0 radical (unpaired) electrons. The molecule has 0 atom stereocenters. The number of rotatable bonds is 6. The van der Waals surface area contributed by atoms with Crippen LogP contribution >= 0.6 is 11.6 Å². The summed E-state index contributed by atoms with van der Waals surface area (Å²) in [7, 11) is 0. The molecule has 164 valence electrons. The van der Waals surface area contributed by atoms with Gasteiger partial charge in [-0.25, -0.2) is 4.39 Å². The standard InChI is InChI=1S/C23H25ClFN3O3/c1-15(2)11-26(23(31)17-6-4-7-18(25)10-17)12-21(29)27-13-22(30)28(14-27)20-9-5-8-19(24)16(20)3/h4-10,15H,11-14H2,1-3H3. The lowest BCUT2D eigenvalue weighted by Gasteiger charge is -2.26. The van der Waals surface area contributed by atoms with E-state index < -0.39 is 11.7 Å². The third-order valence-corrected chi connectivity index (χ3v) is 5.50. The third kappa shape index (κ3) is 5.22. The third-order valence-electron chi connectivity index (χ3n) is 5.09. The van der Waals surface area contributed by atoms with E-state index in [0.717, 1.165) is 11.6 Å². The fraction of sp³-hybridized carbons (Fsp3) is 0.348. The van der Waals surface area contributed by atoms with E-state index in [2.05, 4.69) is 0 Å². The van der Waals surface area contributed by atoms with Crippen LogP contribution in [0.4, 0.5) is 10.1 Å². The van der Waals surface area contributed by atoms with E-state index in [4.69, 9.17) is 11.6 Å². The highest BCUT2D eigenvalue weighted by molar-refractivity contribution is 6.31. The summed E-state index contributed by atoms with van der Waals surface area (Å²) in [4.78, 5) is 42.8. The fourth-order valence-electron chi connectivity index (χ4n) is 3.54. The van der Waals surface area contributed by atoms with Crippen LogP contribution in [-0.2, 0) is 9.59 Å². The first-order valence-corrected chi connectivity index (χ1v) is 10.4. The lowest BCUT2D eigenvalue weighted by molar-refractivity contribution is -0.132. The van der Waals surface area contributed by atoms with Crippen molar-refractivity contribution in [2.45, 2.75) is 20.8 Å². The average molecular weight is 446 g/mol. The molecule has 1 heterocycles. The summed E-state index contributed by atoms with van der Waals surface area (Å²) in [5, 5.41) is 0.541. The van der Waals surface area contributed by atoms with Crippen molar-refractivity contribution in [3.8, 4) is 0 Å². The molecule has 6 nitrogen and oxygen atoms in total. The van der Waals surface area contributed by atoms with E-state index in [9.17, 15) is 18.8 Å². The molecular formula is C23H25ClFN3O3. The van der Waals surface area contributed by atoms with Crippen LogP contribution in [0, 0.1) is 18.7 Å². The Morgan fingerprint density at radius 1 is 1.19 bits per heavy atom. The Bertz CT molecular complexity index is 1010. The minimum atomic E-state index is -0.514. The molecule has 1 saturated heterocycles. The Kier molecular flexibility index (Phi) is 6.95. The Morgan fingerprint density at radius 2 is 1.90 bits per heavy atom. The molecule has 0 unspecified atom stereocenters. The maximum absolute atomic E-state index is 13.6. The fourth-order valence-corrected chi connectivity index (χ4v) is 3.71. The number of anilines is 1. The summed E-state index contributed by atoms with van der Waals surface area (Å²) < 4.78 is 13.6. The number of benzene rings is 2. The molecule has 0 spiro atoms. The molecule has 0 bridgehead atoms. The van der Waals surface area contributed by atoms with Gasteiger partial charge in [0.15, 0.2) is 0 Å². The van der Waals surface area contributed by atoms with Crippen LogP contribution in [0.2, 0.25) is 5.02 Å². The van der Waals surface area contributed by atoms with Crippen LogP contribution in [0.5, 0.6) is 0 Å². The van der Waals surface area contributed by atoms with Crippen LogP contribution in [0.15, 0.2) is 42.5 Å². The highest BCUT2D eigenvalue weighted by Gasteiger charge is 2.34. The van der Waals surface area contributed by atoms with Crippen molar-refractivity contribution < 1.29 is 18.8 Å². The van der Waals surface area contributed by atoms with E-state index in [1.54, 1.807) is 18.2 Å². The van der Waals surface area contributed by atoms with Crippen molar-refractivity contribution in [3.63, 3.8) is 0 Å². The van der Waals surface area contributed by atoms with Gasteiger partial charge in [-0.15, -0.1) is 0 Å². The number of hydrogen-bond donors (Lipinski definition) is 0. The van der Waals surface area contributed by atoms with Crippen molar-refractivity contribution in [3.05, 3.63) is 64.4 Å². The van der Waals surface area contributed by atoms with Crippen LogP contribution in [0.1, 0.15) is 29.8 Å². The van der Waals surface area contributed by atoms with Crippen LogP contribution < -0.4 is 4.90 Å². The zero-order valence-electron chi connectivity index (χ0n) is 17.8. The molecule has 2 aromatic carbocycles. The minimum Gasteiger partial charge on any atom is -0.329 e. The first-order valence-electron chi connectivity index (χ1n) is 10.1. The zero-order valence-corrected chi connectivity index (χ0v) is 18.5. The molecule has 0 N–H and O–H groups in total. The zero-order chi connectivity index (χ0) is 22.7. The van der Waals surface area contributed by atoms with Crippen molar-refractivity contribution in [1.82, 2.24) is 9.80 Å². The topological polar surface area (TPSA) is 60.9 Å². The van der Waals surface area contributed by atoms with Gasteiger partial charge in [0.25, 0.3) is 5.91 Å². The van der Waals surface area contributed by atoms with Gasteiger partial charge in [0, 0.05) is 22.8 Å². The van der Waals surface area contributed by atoms with E-state index in [-0.39, 0.29) is 43.1 Å². The monoisotopic (exact) mass is 445 g/mol. The molecule has 0 aliphatic carbocycles. The van der Waals surface area contributed by atoms with Gasteiger partial charge >= 0.3 is 0 Å². The molecule has 1 aliphatic rings. The second-order valence-electron chi connectivity index (χ2n) is 8.03. The molecule has 31 heavy (non-hydrogen) atoms. The first kappa shape index (κ1) is 22.7. The van der Waals surface area contributed by atoms with E-state index in [0.29, 0.717) is 17.3 Å². The number of carbonyl (C=O) groups is 3. The second kappa shape index (κ2) is 9.47. The summed E-state index contributed by atoms with van der Waals surface area (Å²) in [6, 6.07) is 10.7. The second-order valence-corrected chi connectivity index (χ2v) is 8.44. The van der Waals surface area contributed by atoms with Gasteiger partial charge in [0.2, 0.25) is 11.8 Å². The van der Waals surface area contributed by atoms with Gasteiger partial charge in [-0.2, -0.15) is 0 Å². The van der Waals surface area contributed by atoms with Crippen molar-refractivity contribution >= 4 is 35.0 Å². The Hall–Kier alpha value is -2.93. The van der Waals surface area contributed by atoms with Crippen LogP contribution in [0.3, 0.4) is 0 Å². The number of amides is 3. The van der Waals surface area contributed by atoms with Crippen LogP contribution in [-0.4, -0.2) is 53.8 Å². The highest BCUT2D eigenvalue weighted by atomic mass is 35.5. The number of hydrogen-bond acceptors (Lipinski definition) is 3. The first-order chi connectivity index (χ1) is 14.7. The Labute approximate surface area is 186 Å². The van der Waals surface area contributed by atoms with Crippen molar-refractivity contribution in [2.24, 2.45) is 5.92 Å². The molecule has 1 fully saturated rings. The predicted molar refractivity (Wildman–Crippen MR) is 117 cm³/mol. The number of halogens is 2. The van der Waals surface area contributed by atoms with Gasteiger partial charge in [-0.1, -0.05) is 37.6 Å². The number of nitrogens with zero attached hydrogens (tertiary/aromatic N) is 3. The summed E-state index contributed by atoms with van der Waals surface area (Å²) in [5.74, 6) is -1.39. The number of carbonyl (C=O) groups excluding carboxylic acids is 3. The predicted octanol–water partition coefficient (Wildman–Crippen LogP) is 3.72. The van der Waals surface area contributed by atoms with E-state index >= 15 is 0 Å². The minimum absolute atomic E-state index is 0.0749. The Balaban J connectivity index is 1.75. The molecule has 2 aromatic rings. The molecule has 3 rings (SSSR count). The van der Waals surface area contributed by atoms with Crippen molar-refractivity contribution in [1.29, 1.82) is 0 Å². The van der Waals surface area contributed by atoms with Gasteiger partial charge in [0.1, 0.15) is 25.6 Å². The van der Waals surface area contributed by atoms with E-state index in [1.165, 1.54) is 32.9 Å². The summed E-state index contributed by atoms with van der Waals surface area (Å²) >= 11 is 6.17. The smallest absolute Gasteiger partial charge is 0.254 e. The largest absolute Gasteiger partial charge is 0.329 e. The molecule has 3 amide bonds. The quantitative estimate of drug-likeness (QED) is 0.680. The van der Waals surface area contributed by atoms with Crippen LogP contribution in [0.25, 0.3) is 0 Å². The lowest BCUT2D eigenvalue weighted by Crippen LogP contribution is -2.44. The van der Waals surface area contributed by atoms with Gasteiger partial charge in [-0.3, -0.25) is 19.3 Å². The molecule has 1 aliphatic heterocycles. The molecule has 0 saturated carbocycles. The van der Waals surface area contributed by atoms with Crippen molar-refractivity contribution in [2.75, 3.05) is 31.2 Å². The summed E-state index contributed by atoms with van der Waals surface area (Å²) in [5.41, 5.74) is 1.60. The van der Waals surface area contributed by atoms with Gasteiger partial charge < -0.3 is 9.80 Å². The average Bonchev–Trinajstić information content (AvgIpc) is 3.10. The Morgan fingerprint density at radius 3 is 2.58 bits per heavy atom. The van der Waals surface area contributed by atoms with Gasteiger partial charge in [-0.05, 0) is 48.7 Å². The van der Waals surface area contributed by atoms with E-state index in [1.807, 2.05) is 20.8 Å². The molecular weight excluding hydrogens is 421 g/mol.